The molecule has 2 amide bonds. The number of amides is 2. The number of benzene rings is 1. The van der Waals surface area contributed by atoms with Crippen LogP contribution in [0.25, 0.3) is 11.0 Å². The molecule has 0 saturated carbocycles. The molecule has 0 saturated heterocycles. The van der Waals surface area contributed by atoms with Crippen molar-refractivity contribution in [3.8, 4) is 0 Å². The maximum Gasteiger partial charge on any atom is 0.405 e. The highest BCUT2D eigenvalue weighted by atomic mass is 19.4. The zero-order valence-electron chi connectivity index (χ0n) is 16.3. The van der Waals surface area contributed by atoms with E-state index in [1.807, 2.05) is 0 Å². The average molecular weight is 435 g/mol. The van der Waals surface area contributed by atoms with Crippen molar-refractivity contribution in [1.82, 2.24) is 19.4 Å². The number of pyridine rings is 1. The monoisotopic (exact) mass is 435 g/mol. The molecule has 9 nitrogen and oxygen atoms in total. The maximum atomic E-state index is 12.7. The molecule has 0 fully saturated rings. The molecule has 0 aliphatic heterocycles. The number of nitrogens with zero attached hydrogens (tertiary/aromatic N) is 3. The van der Waals surface area contributed by atoms with Crippen molar-refractivity contribution in [2.75, 3.05) is 11.9 Å². The number of halogens is 3. The predicted octanol–water partition coefficient (Wildman–Crippen LogP) is 1.18. The number of carbonyl (C=O) groups excluding carboxylic acids is 2. The number of nitrogens with one attached hydrogen (secondary N) is 2. The van der Waals surface area contributed by atoms with Gasteiger partial charge in [0.2, 0.25) is 0 Å². The molecular formula is C19H16F3N5O4. The molecule has 12 heteroatoms. The Morgan fingerprint density at radius 1 is 1.06 bits per heavy atom. The highest BCUT2D eigenvalue weighted by Crippen LogP contribution is 2.18. The van der Waals surface area contributed by atoms with E-state index in [4.69, 9.17) is 0 Å². The average Bonchev–Trinajstić information content (AvgIpc) is 2.74. The number of aryl methyl sites for hydroxylation is 1. The van der Waals surface area contributed by atoms with Crippen molar-refractivity contribution in [2.45, 2.75) is 6.18 Å². The third-order valence-electron chi connectivity index (χ3n) is 4.42. The van der Waals surface area contributed by atoms with E-state index in [1.54, 1.807) is 5.32 Å². The van der Waals surface area contributed by atoms with Crippen molar-refractivity contribution < 1.29 is 22.8 Å². The molecule has 2 N–H and O–H groups in total. The summed E-state index contributed by atoms with van der Waals surface area (Å²) in [6.07, 6.45) is -3.44. The van der Waals surface area contributed by atoms with Crippen molar-refractivity contribution in [1.29, 1.82) is 0 Å². The smallest absolute Gasteiger partial charge is 0.343 e. The highest BCUT2D eigenvalue weighted by molar-refractivity contribution is 6.09. The zero-order chi connectivity index (χ0) is 22.9. The molecule has 0 radical (unpaired) electrons. The summed E-state index contributed by atoms with van der Waals surface area (Å²) >= 11 is 0. The third-order valence-corrected chi connectivity index (χ3v) is 4.42. The lowest BCUT2D eigenvalue weighted by Crippen LogP contribution is -2.37. The van der Waals surface area contributed by atoms with Crippen LogP contribution in [0.4, 0.5) is 18.9 Å². The standard InChI is InChI=1S/C19H16F3N5O4/c1-26-14-12(17(30)27(2)18(26)31)7-10(8-23-14)15(28)25-13-6-4-3-5-11(13)16(29)24-9-19(20,21)22/h3-8H,9H2,1-2H3,(H,24,29)(H,25,28). The number of hydrogen-bond acceptors (Lipinski definition) is 5. The number of hydrogen-bond donors (Lipinski definition) is 2. The fourth-order valence-electron chi connectivity index (χ4n) is 2.85. The van der Waals surface area contributed by atoms with Crippen LogP contribution in [-0.4, -0.2) is 38.7 Å². The summed E-state index contributed by atoms with van der Waals surface area (Å²) in [6.45, 7) is -1.52. The number of carbonyl (C=O) groups is 2. The van der Waals surface area contributed by atoms with Crippen molar-refractivity contribution in [3.05, 3.63) is 68.5 Å². The molecule has 0 bridgehead atoms. The summed E-state index contributed by atoms with van der Waals surface area (Å²) < 4.78 is 39.1. The second kappa shape index (κ2) is 8.05. The quantitative estimate of drug-likeness (QED) is 0.639. The lowest BCUT2D eigenvalue weighted by Gasteiger charge is -2.13. The Hall–Kier alpha value is -3.96. The normalized spacial score (nSPS) is 11.4. The molecule has 162 valence electrons. The van der Waals surface area contributed by atoms with Gasteiger partial charge in [0.05, 0.1) is 22.2 Å². The van der Waals surface area contributed by atoms with Gasteiger partial charge in [0.15, 0.2) is 0 Å². The Balaban J connectivity index is 1.92. The SMILES string of the molecule is Cn1c(=O)c2cc(C(=O)Nc3ccccc3C(=O)NCC(F)(F)F)cnc2n(C)c1=O. The van der Waals surface area contributed by atoms with Gasteiger partial charge >= 0.3 is 11.9 Å². The Labute approximate surface area is 172 Å². The highest BCUT2D eigenvalue weighted by Gasteiger charge is 2.28. The van der Waals surface area contributed by atoms with Crippen molar-refractivity contribution >= 4 is 28.5 Å². The Morgan fingerprint density at radius 2 is 1.74 bits per heavy atom. The summed E-state index contributed by atoms with van der Waals surface area (Å²) in [5.41, 5.74) is -1.40. The number of para-hydroxylation sites is 1. The van der Waals surface area contributed by atoms with E-state index in [1.165, 1.54) is 44.4 Å². The summed E-state index contributed by atoms with van der Waals surface area (Å²) in [5, 5.41) is 4.19. The zero-order valence-corrected chi connectivity index (χ0v) is 16.3. The van der Waals surface area contributed by atoms with Gasteiger partial charge in [-0.25, -0.2) is 9.78 Å². The van der Waals surface area contributed by atoms with Crippen LogP contribution < -0.4 is 21.9 Å². The molecule has 3 aromatic rings. The third kappa shape index (κ3) is 4.47. The number of aromatic nitrogens is 3. The number of alkyl halides is 3. The van der Waals surface area contributed by atoms with E-state index in [2.05, 4.69) is 10.3 Å². The molecule has 3 rings (SSSR count). The minimum Gasteiger partial charge on any atom is -0.343 e. The maximum absolute atomic E-state index is 12.7. The van der Waals surface area contributed by atoms with E-state index in [-0.39, 0.29) is 27.8 Å². The summed E-state index contributed by atoms with van der Waals surface area (Å²) in [4.78, 5) is 53.1. The van der Waals surface area contributed by atoms with E-state index in [9.17, 15) is 32.3 Å². The summed E-state index contributed by atoms with van der Waals surface area (Å²) in [6, 6.07) is 6.76. The van der Waals surface area contributed by atoms with Gasteiger partial charge in [0.1, 0.15) is 12.2 Å². The Bertz CT molecular complexity index is 1310. The molecule has 0 spiro atoms. The van der Waals surface area contributed by atoms with Gasteiger partial charge in [-0.1, -0.05) is 12.1 Å². The first kappa shape index (κ1) is 21.7. The van der Waals surface area contributed by atoms with E-state index in [0.717, 1.165) is 15.3 Å². The van der Waals surface area contributed by atoms with Crippen molar-refractivity contribution in [2.24, 2.45) is 14.1 Å². The fraction of sp³-hybridized carbons (Fsp3) is 0.211. The lowest BCUT2D eigenvalue weighted by atomic mass is 10.1. The van der Waals surface area contributed by atoms with Crippen LogP contribution in [0.5, 0.6) is 0 Å². The van der Waals surface area contributed by atoms with Crippen LogP contribution in [0.3, 0.4) is 0 Å². The largest absolute Gasteiger partial charge is 0.405 e. The first-order chi connectivity index (χ1) is 14.5. The summed E-state index contributed by atoms with van der Waals surface area (Å²) in [5.74, 6) is -1.77. The Kier molecular flexibility index (Phi) is 5.64. The molecular weight excluding hydrogens is 419 g/mol. The van der Waals surface area contributed by atoms with E-state index >= 15 is 0 Å². The second-order valence-electron chi connectivity index (χ2n) is 6.60. The number of rotatable bonds is 4. The van der Waals surface area contributed by atoms with Gasteiger partial charge in [-0.15, -0.1) is 0 Å². The number of fused-ring (bicyclic) bond motifs is 1. The van der Waals surface area contributed by atoms with E-state index < -0.39 is 35.8 Å². The molecule has 2 aromatic heterocycles. The predicted molar refractivity (Wildman–Crippen MR) is 105 cm³/mol. The van der Waals surface area contributed by atoms with Crippen LogP contribution in [0.1, 0.15) is 20.7 Å². The summed E-state index contributed by atoms with van der Waals surface area (Å²) in [7, 11) is 2.71. The fourth-order valence-corrected chi connectivity index (χ4v) is 2.85. The Morgan fingerprint density at radius 3 is 2.42 bits per heavy atom. The molecule has 2 heterocycles. The molecule has 0 aliphatic carbocycles. The topological polar surface area (TPSA) is 115 Å². The minimum atomic E-state index is -4.59. The van der Waals surface area contributed by atoms with Crippen LogP contribution in [-0.2, 0) is 14.1 Å². The molecule has 31 heavy (non-hydrogen) atoms. The van der Waals surface area contributed by atoms with Crippen LogP contribution in [0.2, 0.25) is 0 Å². The van der Waals surface area contributed by atoms with E-state index in [0.29, 0.717) is 0 Å². The van der Waals surface area contributed by atoms with Gasteiger partial charge in [0, 0.05) is 20.3 Å². The lowest BCUT2D eigenvalue weighted by molar-refractivity contribution is -0.123. The van der Waals surface area contributed by atoms with Crippen LogP contribution in [0.15, 0.2) is 46.1 Å². The first-order valence-electron chi connectivity index (χ1n) is 8.80. The second-order valence-corrected chi connectivity index (χ2v) is 6.60. The molecule has 0 atom stereocenters. The van der Waals surface area contributed by atoms with Crippen LogP contribution >= 0.6 is 0 Å². The van der Waals surface area contributed by atoms with Gasteiger partial charge in [-0.3, -0.25) is 23.5 Å². The molecule has 0 aliphatic rings. The molecule has 1 aromatic carbocycles. The van der Waals surface area contributed by atoms with Gasteiger partial charge in [-0.05, 0) is 18.2 Å². The van der Waals surface area contributed by atoms with Gasteiger partial charge in [0.25, 0.3) is 17.4 Å². The number of anilines is 1. The minimum absolute atomic E-state index is 0.0217. The molecule has 0 unspecified atom stereocenters. The first-order valence-corrected chi connectivity index (χ1v) is 8.80. The van der Waals surface area contributed by atoms with Gasteiger partial charge in [-0.2, -0.15) is 13.2 Å². The van der Waals surface area contributed by atoms with Crippen molar-refractivity contribution in [3.63, 3.8) is 0 Å². The van der Waals surface area contributed by atoms with Crippen LogP contribution in [0, 0.1) is 0 Å². The van der Waals surface area contributed by atoms with Gasteiger partial charge < -0.3 is 10.6 Å².